The number of carbonyl (C=O) groups is 2. The van der Waals surface area contributed by atoms with E-state index in [4.69, 9.17) is 0 Å². The average Bonchev–Trinajstić information content (AvgIpc) is 3.59. The van der Waals surface area contributed by atoms with E-state index in [-0.39, 0.29) is 35.1 Å². The van der Waals surface area contributed by atoms with Crippen molar-refractivity contribution in [2.75, 3.05) is 26.7 Å². The monoisotopic (exact) mass is 585 g/mol. The van der Waals surface area contributed by atoms with Crippen LogP contribution < -0.4 is 10.6 Å². The molecule has 3 aromatic rings. The Labute approximate surface area is 245 Å². The summed E-state index contributed by atoms with van der Waals surface area (Å²) in [4.78, 5) is 38.5. The molecular weight excluding hydrogens is 544 g/mol. The molecule has 0 radical (unpaired) electrons. The summed E-state index contributed by atoms with van der Waals surface area (Å²) in [6.45, 7) is 8.88. The minimum atomic E-state index is -0.984. The van der Waals surface area contributed by atoms with Gasteiger partial charge in [-0.2, -0.15) is 0 Å². The third kappa shape index (κ3) is 7.47. The van der Waals surface area contributed by atoms with Crippen molar-refractivity contribution in [1.82, 2.24) is 34.8 Å². The zero-order valence-corrected chi connectivity index (χ0v) is 24.8. The molecule has 228 valence electrons. The molecule has 0 aliphatic carbocycles. The van der Waals surface area contributed by atoms with Crippen molar-refractivity contribution in [1.29, 1.82) is 0 Å². The first-order valence-corrected chi connectivity index (χ1v) is 14.3. The zero-order chi connectivity index (χ0) is 30.6. The summed E-state index contributed by atoms with van der Waals surface area (Å²) in [7, 11) is 1.70. The molecule has 10 nitrogen and oxygen atoms in total. The molecule has 3 heterocycles. The van der Waals surface area contributed by atoms with E-state index in [1.807, 2.05) is 25.7 Å². The topological polar surface area (TPSA) is 115 Å². The van der Waals surface area contributed by atoms with Gasteiger partial charge in [-0.15, -0.1) is 0 Å². The summed E-state index contributed by atoms with van der Waals surface area (Å²) in [5.41, 5.74) is 0.538. The molecule has 0 saturated carbocycles. The number of fused-ring (bicyclic) bond motifs is 1. The molecule has 42 heavy (non-hydrogen) atoms. The SMILES string of the molecule is CNC(C)C(=O)NC(C(O)N1CCCC1CN(CCc1ccc(F)cc1)C(=O)c1cn2cc(F)cnc2n1)C(C)(C)C. The Morgan fingerprint density at radius 3 is 2.55 bits per heavy atom. The molecule has 1 saturated heterocycles. The lowest BCUT2D eigenvalue weighted by atomic mass is 9.84. The Kier molecular flexibility index (Phi) is 9.90. The number of benzene rings is 1. The van der Waals surface area contributed by atoms with Gasteiger partial charge in [0.05, 0.1) is 18.3 Å². The van der Waals surface area contributed by atoms with Crippen LogP contribution in [0.25, 0.3) is 5.78 Å². The van der Waals surface area contributed by atoms with Crippen molar-refractivity contribution in [3.63, 3.8) is 0 Å². The second-order valence-electron chi connectivity index (χ2n) is 12.0. The van der Waals surface area contributed by atoms with Crippen molar-refractivity contribution in [2.24, 2.45) is 5.41 Å². The van der Waals surface area contributed by atoms with Gasteiger partial charge in [0.25, 0.3) is 5.91 Å². The fourth-order valence-electron chi connectivity index (χ4n) is 5.31. The van der Waals surface area contributed by atoms with Crippen LogP contribution in [0.3, 0.4) is 0 Å². The van der Waals surface area contributed by atoms with Crippen LogP contribution >= 0.6 is 0 Å². The number of imidazole rings is 1. The standard InChI is InChI=1S/C30H41F2N7O3/c1-19(33-5)26(40)36-25(30(2,3)4)28(42)39-13-6-7-23(39)17-37(14-12-20-8-10-21(31)11-9-20)27(41)24-18-38-16-22(32)15-34-29(38)35-24/h8-11,15-16,18-19,23,25,28,33,42H,6-7,12-14,17H2,1-5H3,(H,36,40). The Bertz CT molecular complexity index is 1380. The summed E-state index contributed by atoms with van der Waals surface area (Å²) < 4.78 is 28.6. The van der Waals surface area contributed by atoms with Crippen LogP contribution in [0.2, 0.25) is 0 Å². The zero-order valence-electron chi connectivity index (χ0n) is 24.8. The number of likely N-dealkylation sites (N-methyl/N-ethyl adjacent to an activating group) is 1. The molecule has 1 aliphatic rings. The lowest BCUT2D eigenvalue weighted by molar-refractivity contribution is -0.128. The van der Waals surface area contributed by atoms with E-state index >= 15 is 0 Å². The van der Waals surface area contributed by atoms with E-state index in [0.717, 1.165) is 24.6 Å². The van der Waals surface area contributed by atoms with E-state index < -0.39 is 29.5 Å². The minimum Gasteiger partial charge on any atom is -0.376 e. The lowest BCUT2D eigenvalue weighted by Crippen LogP contribution is -2.61. The predicted octanol–water partition coefficient (Wildman–Crippen LogP) is 2.61. The maximum absolute atomic E-state index is 13.8. The number of hydrogen-bond acceptors (Lipinski definition) is 7. The first-order valence-electron chi connectivity index (χ1n) is 14.3. The van der Waals surface area contributed by atoms with Gasteiger partial charge >= 0.3 is 0 Å². The Balaban J connectivity index is 1.57. The van der Waals surface area contributed by atoms with Crippen LogP contribution in [0.4, 0.5) is 8.78 Å². The first kappa shape index (κ1) is 31.5. The van der Waals surface area contributed by atoms with Crippen LogP contribution in [-0.4, -0.2) is 92.1 Å². The number of rotatable bonds is 11. The number of hydrogen-bond donors (Lipinski definition) is 3. The predicted molar refractivity (Wildman–Crippen MR) is 155 cm³/mol. The summed E-state index contributed by atoms with van der Waals surface area (Å²) in [5.74, 6) is -1.24. The molecule has 0 bridgehead atoms. The van der Waals surface area contributed by atoms with E-state index in [0.29, 0.717) is 26.1 Å². The van der Waals surface area contributed by atoms with Gasteiger partial charge in [0.15, 0.2) is 5.82 Å². The van der Waals surface area contributed by atoms with Gasteiger partial charge in [-0.05, 0) is 56.3 Å². The van der Waals surface area contributed by atoms with Gasteiger partial charge in [0.2, 0.25) is 11.7 Å². The maximum atomic E-state index is 13.8. The Morgan fingerprint density at radius 1 is 1.17 bits per heavy atom. The third-order valence-electron chi connectivity index (χ3n) is 7.92. The number of nitrogens with one attached hydrogen (secondary N) is 2. The largest absolute Gasteiger partial charge is 0.376 e. The van der Waals surface area contributed by atoms with Gasteiger partial charge in [-0.1, -0.05) is 32.9 Å². The Morgan fingerprint density at radius 2 is 1.88 bits per heavy atom. The fourth-order valence-corrected chi connectivity index (χ4v) is 5.31. The molecule has 12 heteroatoms. The van der Waals surface area contributed by atoms with Crippen molar-refractivity contribution >= 4 is 17.6 Å². The van der Waals surface area contributed by atoms with E-state index in [2.05, 4.69) is 20.6 Å². The molecule has 4 unspecified atom stereocenters. The number of likely N-dealkylation sites (tertiary alicyclic amines) is 1. The van der Waals surface area contributed by atoms with Crippen LogP contribution in [0.1, 0.15) is 56.6 Å². The van der Waals surface area contributed by atoms with Crippen LogP contribution in [0.5, 0.6) is 0 Å². The first-order chi connectivity index (χ1) is 19.9. The highest BCUT2D eigenvalue weighted by Crippen LogP contribution is 2.29. The third-order valence-corrected chi connectivity index (χ3v) is 7.92. The normalized spacial score (nSPS) is 18.1. The molecule has 2 amide bonds. The van der Waals surface area contributed by atoms with Gasteiger partial charge in [0.1, 0.15) is 17.7 Å². The minimum absolute atomic E-state index is 0.123. The van der Waals surface area contributed by atoms with Gasteiger partial charge in [-0.25, -0.2) is 18.7 Å². The molecule has 1 fully saturated rings. The van der Waals surface area contributed by atoms with Crippen molar-refractivity contribution < 1.29 is 23.5 Å². The highest BCUT2D eigenvalue weighted by atomic mass is 19.1. The second kappa shape index (κ2) is 13.2. The number of carbonyl (C=O) groups excluding carboxylic acids is 2. The van der Waals surface area contributed by atoms with E-state index in [1.165, 1.54) is 28.9 Å². The summed E-state index contributed by atoms with van der Waals surface area (Å²) in [6, 6.07) is 4.96. The Hall–Kier alpha value is -3.48. The molecule has 4 rings (SSSR count). The van der Waals surface area contributed by atoms with Gasteiger partial charge in [-0.3, -0.25) is 18.9 Å². The molecule has 1 aliphatic heterocycles. The number of aliphatic hydroxyl groups is 1. The van der Waals surface area contributed by atoms with Crippen LogP contribution in [0.15, 0.2) is 42.9 Å². The summed E-state index contributed by atoms with van der Waals surface area (Å²) in [6.07, 6.45) is 4.76. The van der Waals surface area contributed by atoms with Crippen LogP contribution in [0, 0.1) is 17.0 Å². The summed E-state index contributed by atoms with van der Waals surface area (Å²) in [5, 5.41) is 17.6. The number of amides is 2. The van der Waals surface area contributed by atoms with Crippen LogP contribution in [-0.2, 0) is 11.2 Å². The van der Waals surface area contributed by atoms with E-state index in [1.54, 1.807) is 31.0 Å². The second-order valence-corrected chi connectivity index (χ2v) is 12.0. The fraction of sp³-hybridized carbons (Fsp3) is 0.533. The molecule has 4 atom stereocenters. The molecule has 0 spiro atoms. The summed E-state index contributed by atoms with van der Waals surface area (Å²) >= 11 is 0. The lowest BCUT2D eigenvalue weighted by Gasteiger charge is -2.42. The number of halogens is 2. The van der Waals surface area contributed by atoms with Crippen molar-refractivity contribution in [2.45, 2.75) is 71.3 Å². The van der Waals surface area contributed by atoms with Gasteiger partial charge < -0.3 is 20.6 Å². The molecule has 1 aromatic carbocycles. The van der Waals surface area contributed by atoms with Crippen molar-refractivity contribution in [3.8, 4) is 0 Å². The molecular formula is C30H41F2N7O3. The molecule has 3 N–H and O–H groups in total. The van der Waals surface area contributed by atoms with E-state index in [9.17, 15) is 23.5 Å². The van der Waals surface area contributed by atoms with Gasteiger partial charge in [0, 0.05) is 38.1 Å². The highest BCUT2D eigenvalue weighted by molar-refractivity contribution is 5.92. The number of aromatic nitrogens is 3. The smallest absolute Gasteiger partial charge is 0.274 e. The highest BCUT2D eigenvalue weighted by Gasteiger charge is 2.41. The number of nitrogens with zero attached hydrogens (tertiary/aromatic N) is 5. The molecule has 2 aromatic heterocycles. The number of aliphatic hydroxyl groups excluding tert-OH is 1. The maximum Gasteiger partial charge on any atom is 0.274 e. The quantitative estimate of drug-likeness (QED) is 0.317. The average molecular weight is 586 g/mol. The van der Waals surface area contributed by atoms with Crippen molar-refractivity contribution in [3.05, 3.63) is 65.7 Å².